The second-order valence-corrected chi connectivity index (χ2v) is 14.7. The number of amides is 2. The van der Waals surface area contributed by atoms with Gasteiger partial charge >= 0.3 is 12.2 Å². The van der Waals surface area contributed by atoms with E-state index in [4.69, 9.17) is 0 Å². The minimum atomic E-state index is -4.90. The van der Waals surface area contributed by atoms with E-state index in [0.29, 0.717) is 21.7 Å². The smallest absolute Gasteiger partial charge is 0.265 e. The van der Waals surface area contributed by atoms with Crippen molar-refractivity contribution in [2.45, 2.75) is 49.2 Å². The molecule has 0 N–H and O–H groups in total. The number of carbonyl (C=O) groups is 1. The van der Waals surface area contributed by atoms with E-state index in [2.05, 4.69) is 0 Å². The van der Waals surface area contributed by atoms with Gasteiger partial charge in [-0.3, -0.25) is 4.90 Å². The van der Waals surface area contributed by atoms with Crippen molar-refractivity contribution in [2.24, 2.45) is 5.92 Å². The van der Waals surface area contributed by atoms with Gasteiger partial charge in [-0.05, 0) is 72.9 Å². The lowest BCUT2D eigenvalue weighted by molar-refractivity contribution is -0.137. The molecule has 0 unspecified atom stereocenters. The third-order valence-corrected chi connectivity index (χ3v) is 10.0. The molecule has 3 aromatic rings. The SMILES string of the molecule is CC1=C(C#N)[C@@H](c2ccc(C#N)cc2S(C)(=O)=O)N(S(=O)(=O)c2ccc(CC(C)C)cc2)C(=O)N1c1cccc(C(F)(F)F)c1. The summed E-state index contributed by atoms with van der Waals surface area (Å²) >= 11 is 0. The van der Waals surface area contributed by atoms with Crippen LogP contribution in [-0.4, -0.2) is 33.4 Å². The molecule has 234 valence electrons. The molecule has 0 aliphatic carbocycles. The number of halogens is 3. The van der Waals surface area contributed by atoms with Crippen LogP contribution in [0.5, 0.6) is 0 Å². The molecule has 45 heavy (non-hydrogen) atoms. The second-order valence-electron chi connectivity index (χ2n) is 10.9. The Morgan fingerprint density at radius 3 is 2.11 bits per heavy atom. The maximum Gasteiger partial charge on any atom is 0.416 e. The average Bonchev–Trinajstić information content (AvgIpc) is 2.95. The Labute approximate surface area is 259 Å². The van der Waals surface area contributed by atoms with Crippen molar-refractivity contribution in [3.63, 3.8) is 0 Å². The number of urea groups is 1. The normalized spacial score (nSPS) is 16.1. The van der Waals surface area contributed by atoms with Crippen LogP contribution >= 0.6 is 0 Å². The lowest BCUT2D eigenvalue weighted by Gasteiger charge is -2.41. The largest absolute Gasteiger partial charge is 0.416 e. The monoisotopic (exact) mass is 656 g/mol. The number of nitrogens with zero attached hydrogens (tertiary/aromatic N) is 4. The van der Waals surface area contributed by atoms with Gasteiger partial charge in [0, 0.05) is 12.0 Å². The molecule has 1 aliphatic rings. The number of sulfonamides is 1. The third kappa shape index (κ3) is 6.43. The van der Waals surface area contributed by atoms with Crippen LogP contribution in [0.15, 0.2) is 87.8 Å². The Hall–Kier alpha value is -4.66. The zero-order chi connectivity index (χ0) is 33.5. The number of alkyl halides is 3. The molecule has 0 spiro atoms. The van der Waals surface area contributed by atoms with Crippen LogP contribution in [0.25, 0.3) is 0 Å². The number of sulfone groups is 1. The van der Waals surface area contributed by atoms with Gasteiger partial charge in [-0.15, -0.1) is 0 Å². The minimum absolute atomic E-state index is 0.0822. The van der Waals surface area contributed by atoms with Crippen LogP contribution in [0.3, 0.4) is 0 Å². The van der Waals surface area contributed by atoms with Crippen LogP contribution in [0, 0.1) is 28.6 Å². The summed E-state index contributed by atoms with van der Waals surface area (Å²) in [6.07, 6.45) is -3.36. The van der Waals surface area contributed by atoms with Gasteiger partial charge in [0.05, 0.1) is 44.3 Å². The van der Waals surface area contributed by atoms with E-state index < -0.39 is 54.1 Å². The van der Waals surface area contributed by atoms with E-state index in [1.165, 1.54) is 25.1 Å². The number of carbonyl (C=O) groups excluding carboxylic acids is 1. The van der Waals surface area contributed by atoms with Gasteiger partial charge in [0.1, 0.15) is 6.04 Å². The summed E-state index contributed by atoms with van der Waals surface area (Å²) < 4.78 is 95.7. The fraction of sp³-hybridized carbons (Fsp3) is 0.258. The Balaban J connectivity index is 2.07. The van der Waals surface area contributed by atoms with Crippen LogP contribution in [0.4, 0.5) is 23.7 Å². The van der Waals surface area contributed by atoms with E-state index in [0.717, 1.165) is 42.2 Å². The summed E-state index contributed by atoms with van der Waals surface area (Å²) in [7, 11) is -9.08. The summed E-state index contributed by atoms with van der Waals surface area (Å²) in [5.41, 5.74) is -1.69. The standard InChI is InChI=1S/C31H27F3N4O5S2/c1-19(2)14-21-8-11-25(12-9-21)45(42,43)38-29(26-13-10-22(17-35)15-28(26)44(4,40)41)27(18-36)20(3)37(30(38)39)24-7-5-6-23(16-24)31(32,33)34/h5-13,15-16,19,29H,14H2,1-4H3/t29-/m1/s1. The van der Waals surface area contributed by atoms with Crippen LogP contribution in [-0.2, 0) is 32.5 Å². The lowest BCUT2D eigenvalue weighted by Crippen LogP contribution is -2.52. The Morgan fingerprint density at radius 2 is 1.58 bits per heavy atom. The fourth-order valence-corrected chi connectivity index (χ4v) is 7.55. The molecule has 14 heteroatoms. The maximum absolute atomic E-state index is 14.3. The number of allylic oxidation sites excluding steroid dienone is 1. The predicted octanol–water partition coefficient (Wildman–Crippen LogP) is 6.35. The van der Waals surface area contributed by atoms with E-state index in [1.54, 1.807) is 18.2 Å². The van der Waals surface area contributed by atoms with E-state index in [9.17, 15) is 45.3 Å². The van der Waals surface area contributed by atoms with Gasteiger partial charge in [0.2, 0.25) is 0 Å². The molecule has 4 rings (SSSR count). The number of hydrogen-bond donors (Lipinski definition) is 0. The maximum atomic E-state index is 14.3. The first-order valence-electron chi connectivity index (χ1n) is 13.4. The summed E-state index contributed by atoms with van der Waals surface area (Å²) in [5.74, 6) is 0.249. The number of rotatable bonds is 7. The van der Waals surface area contributed by atoms with Gasteiger partial charge in [0.25, 0.3) is 10.0 Å². The molecule has 0 fully saturated rings. The highest BCUT2D eigenvalue weighted by Gasteiger charge is 2.48. The molecule has 0 radical (unpaired) electrons. The molecule has 2 amide bonds. The first-order chi connectivity index (χ1) is 20.9. The fourth-order valence-electron chi connectivity index (χ4n) is 5.11. The predicted molar refractivity (Wildman–Crippen MR) is 159 cm³/mol. The number of anilines is 1. The zero-order valence-electron chi connectivity index (χ0n) is 24.5. The number of nitriles is 2. The molecule has 3 aromatic carbocycles. The van der Waals surface area contributed by atoms with Gasteiger partial charge in [-0.25, -0.2) is 25.9 Å². The molecule has 0 saturated heterocycles. The molecule has 1 heterocycles. The Morgan fingerprint density at radius 1 is 0.933 bits per heavy atom. The van der Waals surface area contributed by atoms with Crippen LogP contribution in [0.2, 0.25) is 0 Å². The lowest BCUT2D eigenvalue weighted by atomic mass is 9.94. The second kappa shape index (κ2) is 12.0. The first kappa shape index (κ1) is 33.2. The Kier molecular flexibility index (Phi) is 8.88. The topological polar surface area (TPSA) is 139 Å². The van der Waals surface area contributed by atoms with E-state index in [-0.39, 0.29) is 33.3 Å². The molecule has 0 bridgehead atoms. The van der Waals surface area contributed by atoms with Gasteiger partial charge in [0.15, 0.2) is 9.84 Å². The van der Waals surface area contributed by atoms with Crippen LogP contribution < -0.4 is 4.90 Å². The van der Waals surface area contributed by atoms with Gasteiger partial charge in [-0.2, -0.15) is 23.7 Å². The summed E-state index contributed by atoms with van der Waals surface area (Å²) in [4.78, 5) is 14.1. The third-order valence-electron chi connectivity index (χ3n) is 7.13. The van der Waals surface area contributed by atoms with Crippen molar-refractivity contribution in [1.29, 1.82) is 10.5 Å². The quantitative estimate of drug-likeness (QED) is 0.289. The van der Waals surface area contributed by atoms with Crippen molar-refractivity contribution >= 4 is 31.6 Å². The van der Waals surface area contributed by atoms with Gasteiger partial charge in [-0.1, -0.05) is 38.1 Å². The van der Waals surface area contributed by atoms with Crippen molar-refractivity contribution in [3.8, 4) is 12.1 Å². The zero-order valence-corrected chi connectivity index (χ0v) is 26.1. The molecular weight excluding hydrogens is 629 g/mol. The average molecular weight is 657 g/mol. The molecular formula is C31H27F3N4O5S2. The molecule has 0 aromatic heterocycles. The van der Waals surface area contributed by atoms with Crippen molar-refractivity contribution < 1.29 is 34.8 Å². The molecule has 9 nitrogen and oxygen atoms in total. The molecule has 1 atom stereocenters. The van der Waals surface area contributed by atoms with E-state index in [1.807, 2.05) is 19.9 Å². The minimum Gasteiger partial charge on any atom is -0.265 e. The van der Waals surface area contributed by atoms with Crippen molar-refractivity contribution in [3.05, 3.63) is 100 Å². The summed E-state index contributed by atoms with van der Waals surface area (Å²) in [6, 6.07) is 13.1. The molecule has 0 saturated carbocycles. The van der Waals surface area contributed by atoms with E-state index >= 15 is 0 Å². The highest BCUT2D eigenvalue weighted by atomic mass is 32.2. The summed E-state index contributed by atoms with van der Waals surface area (Å²) in [5, 5.41) is 19.8. The highest BCUT2D eigenvalue weighted by Crippen LogP contribution is 2.44. The number of benzene rings is 3. The van der Waals surface area contributed by atoms with Gasteiger partial charge < -0.3 is 0 Å². The van der Waals surface area contributed by atoms with Crippen LogP contribution in [0.1, 0.15) is 49.1 Å². The number of hydrogen-bond acceptors (Lipinski definition) is 7. The highest BCUT2D eigenvalue weighted by molar-refractivity contribution is 7.91. The first-order valence-corrected chi connectivity index (χ1v) is 16.7. The van der Waals surface area contributed by atoms with Crippen molar-refractivity contribution in [1.82, 2.24) is 4.31 Å². The summed E-state index contributed by atoms with van der Waals surface area (Å²) in [6.45, 7) is 5.19. The van der Waals surface area contributed by atoms with Crippen molar-refractivity contribution in [2.75, 3.05) is 11.2 Å². The Bertz CT molecular complexity index is 2010. The molecule has 1 aliphatic heterocycles.